The largest absolute Gasteiger partial charge is 0.394 e. The highest BCUT2D eigenvalue weighted by atomic mass is 19.1. The summed E-state index contributed by atoms with van der Waals surface area (Å²) in [5.74, 6) is -1.17. The van der Waals surface area contributed by atoms with E-state index in [1.54, 1.807) is 18.5 Å². The van der Waals surface area contributed by atoms with Crippen molar-refractivity contribution in [2.75, 3.05) is 13.2 Å². The first-order valence-electron chi connectivity index (χ1n) is 12.4. The van der Waals surface area contributed by atoms with Crippen molar-refractivity contribution in [3.63, 3.8) is 0 Å². The number of rotatable bonds is 6. The molecule has 2 aliphatic carbocycles. The Bertz CT molecular complexity index is 1480. The van der Waals surface area contributed by atoms with Crippen LogP contribution in [0.2, 0.25) is 0 Å². The molecule has 2 bridgehead atoms. The molecule has 4 aromatic rings. The van der Waals surface area contributed by atoms with Crippen molar-refractivity contribution in [2.24, 2.45) is 5.41 Å². The molecule has 0 aliphatic heterocycles. The van der Waals surface area contributed by atoms with Crippen LogP contribution in [-0.2, 0) is 5.41 Å². The number of aliphatic hydroxyl groups excluding tert-OH is 2. The van der Waals surface area contributed by atoms with E-state index in [2.05, 4.69) is 29.1 Å². The summed E-state index contributed by atoms with van der Waals surface area (Å²) >= 11 is 0. The lowest BCUT2D eigenvalue weighted by Crippen LogP contribution is -2.37. The summed E-state index contributed by atoms with van der Waals surface area (Å²) in [6.07, 6.45) is 5.18. The van der Waals surface area contributed by atoms with E-state index in [1.165, 1.54) is 22.9 Å². The van der Waals surface area contributed by atoms with Gasteiger partial charge in [-0.2, -0.15) is 10.2 Å². The van der Waals surface area contributed by atoms with E-state index in [1.807, 2.05) is 18.2 Å². The number of halogens is 2. The van der Waals surface area contributed by atoms with Crippen molar-refractivity contribution in [3.8, 4) is 22.5 Å². The fourth-order valence-corrected chi connectivity index (χ4v) is 6.48. The first-order valence-corrected chi connectivity index (χ1v) is 12.4. The van der Waals surface area contributed by atoms with Crippen molar-refractivity contribution in [1.29, 1.82) is 0 Å². The van der Waals surface area contributed by atoms with E-state index in [-0.39, 0.29) is 35.8 Å². The zero-order chi connectivity index (χ0) is 25.9. The van der Waals surface area contributed by atoms with Gasteiger partial charge in [0.1, 0.15) is 11.6 Å². The molecule has 1 fully saturated rings. The second-order valence-corrected chi connectivity index (χ2v) is 10.5. The van der Waals surface area contributed by atoms with Crippen LogP contribution in [-0.4, -0.2) is 48.4 Å². The summed E-state index contributed by atoms with van der Waals surface area (Å²) in [4.78, 5) is 5.06. The monoisotopic (exact) mass is 503 g/mol. The van der Waals surface area contributed by atoms with Crippen molar-refractivity contribution >= 4 is 0 Å². The molecule has 3 heterocycles. The third-order valence-corrected chi connectivity index (χ3v) is 8.48. The standard InChI is InChI=1S/C28H27F2N5O2/c1-27(2)19-9-10-28(27,26-18(19)11-23(33-34-26)25-20(29)5-3-6-21(25)30)24-8-4-7-22(32-24)16-12-31-35(13-16)17(14-36)15-37/h3-8,11-13,17,19,36-37H,9-10,14-15H2,1-2H3/t19-,28-/m0/s1. The molecule has 2 aliphatic rings. The van der Waals surface area contributed by atoms with Gasteiger partial charge >= 0.3 is 0 Å². The minimum absolute atomic E-state index is 0.148. The Hall–Kier alpha value is -3.56. The Labute approximate surface area is 212 Å². The minimum atomic E-state index is -0.661. The SMILES string of the molecule is CC1(C)[C@H]2CC[C@]1(c1cccc(-c3cnn(C(CO)CO)c3)n1)c1nnc(-c3c(F)cccc3F)cc12. The average Bonchev–Trinajstić information content (AvgIpc) is 3.53. The number of hydrogen-bond acceptors (Lipinski definition) is 6. The van der Waals surface area contributed by atoms with E-state index in [4.69, 9.17) is 4.98 Å². The molecule has 0 spiro atoms. The van der Waals surface area contributed by atoms with Crippen molar-refractivity contribution in [2.45, 2.75) is 44.1 Å². The number of benzene rings is 1. The predicted octanol–water partition coefficient (Wildman–Crippen LogP) is 4.41. The molecule has 37 heavy (non-hydrogen) atoms. The molecule has 2 N–H and O–H groups in total. The van der Waals surface area contributed by atoms with Crippen molar-refractivity contribution in [1.82, 2.24) is 25.0 Å². The number of hydrogen-bond donors (Lipinski definition) is 2. The van der Waals surface area contributed by atoms with Gasteiger partial charge in [-0.25, -0.2) is 8.78 Å². The first-order chi connectivity index (χ1) is 17.8. The molecule has 0 radical (unpaired) electrons. The normalized spacial score (nSPS) is 21.5. The zero-order valence-electron chi connectivity index (χ0n) is 20.6. The Kier molecular flexibility index (Phi) is 5.47. The Balaban J connectivity index is 1.45. The van der Waals surface area contributed by atoms with E-state index in [0.29, 0.717) is 0 Å². The fourth-order valence-electron chi connectivity index (χ4n) is 6.48. The van der Waals surface area contributed by atoms with E-state index >= 15 is 0 Å². The lowest BCUT2D eigenvalue weighted by atomic mass is 9.66. The molecule has 1 saturated carbocycles. The quantitative estimate of drug-likeness (QED) is 0.405. The van der Waals surface area contributed by atoms with Gasteiger partial charge in [0, 0.05) is 11.8 Å². The third-order valence-electron chi connectivity index (χ3n) is 8.48. The molecule has 7 nitrogen and oxygen atoms in total. The summed E-state index contributed by atoms with van der Waals surface area (Å²) in [5, 5.41) is 32.2. The second kappa shape index (κ2) is 8.49. The van der Waals surface area contributed by atoms with Crippen LogP contribution in [0.15, 0.2) is 54.9 Å². The van der Waals surface area contributed by atoms with Gasteiger partial charge in [-0.3, -0.25) is 9.67 Å². The third kappa shape index (κ3) is 3.30. The highest BCUT2D eigenvalue weighted by Crippen LogP contribution is 2.69. The van der Waals surface area contributed by atoms with Crippen LogP contribution < -0.4 is 0 Å². The van der Waals surface area contributed by atoms with Crippen molar-refractivity contribution < 1.29 is 19.0 Å². The van der Waals surface area contributed by atoms with Gasteiger partial charge in [-0.05, 0) is 60.1 Å². The maximum atomic E-state index is 14.5. The molecular formula is C28H27F2N5O2. The smallest absolute Gasteiger partial charge is 0.135 e. The Morgan fingerprint density at radius 2 is 1.76 bits per heavy atom. The van der Waals surface area contributed by atoms with Gasteiger partial charge in [0.25, 0.3) is 0 Å². The van der Waals surface area contributed by atoms with Gasteiger partial charge in [-0.15, -0.1) is 5.10 Å². The fraction of sp³-hybridized carbons (Fsp3) is 0.357. The van der Waals surface area contributed by atoms with Crippen LogP contribution in [0.25, 0.3) is 22.5 Å². The van der Waals surface area contributed by atoms with E-state index < -0.39 is 23.1 Å². The molecule has 0 amide bonds. The summed E-state index contributed by atoms with van der Waals surface area (Å²) in [5.41, 5.74) is 3.43. The predicted molar refractivity (Wildman–Crippen MR) is 133 cm³/mol. The average molecular weight is 504 g/mol. The summed E-state index contributed by atoms with van der Waals surface area (Å²) in [7, 11) is 0. The van der Waals surface area contributed by atoms with Crippen LogP contribution in [0.4, 0.5) is 8.78 Å². The number of fused-ring (bicyclic) bond motifs is 5. The molecular weight excluding hydrogens is 476 g/mol. The van der Waals surface area contributed by atoms with Crippen LogP contribution in [0, 0.1) is 17.0 Å². The lowest BCUT2D eigenvalue weighted by Gasteiger charge is -2.37. The summed E-state index contributed by atoms with van der Waals surface area (Å²) < 4.78 is 30.6. The highest BCUT2D eigenvalue weighted by Gasteiger charge is 2.65. The van der Waals surface area contributed by atoms with Gasteiger partial charge in [0.05, 0.1) is 59.2 Å². The Morgan fingerprint density at radius 1 is 1.03 bits per heavy atom. The van der Waals surface area contributed by atoms with Gasteiger partial charge in [0.2, 0.25) is 0 Å². The molecule has 1 aromatic carbocycles. The van der Waals surface area contributed by atoms with Gasteiger partial charge in [-0.1, -0.05) is 26.0 Å². The number of aliphatic hydroxyl groups is 2. The maximum absolute atomic E-state index is 14.5. The molecule has 0 saturated heterocycles. The number of pyridine rings is 1. The lowest BCUT2D eigenvalue weighted by molar-refractivity contribution is 0.146. The van der Waals surface area contributed by atoms with Gasteiger partial charge in [0.15, 0.2) is 0 Å². The maximum Gasteiger partial charge on any atom is 0.135 e. The van der Waals surface area contributed by atoms with E-state index in [9.17, 15) is 19.0 Å². The van der Waals surface area contributed by atoms with Crippen LogP contribution in [0.5, 0.6) is 0 Å². The van der Waals surface area contributed by atoms with Crippen LogP contribution in [0.1, 0.15) is 55.6 Å². The minimum Gasteiger partial charge on any atom is -0.394 e. The summed E-state index contributed by atoms with van der Waals surface area (Å²) in [6.45, 7) is 3.96. The number of nitrogens with zero attached hydrogens (tertiary/aromatic N) is 5. The topological polar surface area (TPSA) is 97.0 Å². The molecule has 6 rings (SSSR count). The first kappa shape index (κ1) is 23.8. The molecule has 9 heteroatoms. The molecule has 190 valence electrons. The second-order valence-electron chi connectivity index (χ2n) is 10.5. The zero-order valence-corrected chi connectivity index (χ0v) is 20.6. The van der Waals surface area contributed by atoms with Crippen LogP contribution >= 0.6 is 0 Å². The highest BCUT2D eigenvalue weighted by molar-refractivity contribution is 5.65. The molecule has 2 atom stereocenters. The number of aromatic nitrogens is 5. The van der Waals surface area contributed by atoms with Gasteiger partial charge < -0.3 is 10.2 Å². The van der Waals surface area contributed by atoms with Crippen LogP contribution in [0.3, 0.4) is 0 Å². The summed E-state index contributed by atoms with van der Waals surface area (Å²) in [6, 6.07) is 10.9. The molecule has 3 aromatic heterocycles. The van der Waals surface area contributed by atoms with Crippen molar-refractivity contribution in [3.05, 3.63) is 83.4 Å². The Morgan fingerprint density at radius 3 is 2.49 bits per heavy atom. The molecule has 0 unspecified atom stereocenters. The van der Waals surface area contributed by atoms with E-state index in [0.717, 1.165) is 41.1 Å².